The summed E-state index contributed by atoms with van der Waals surface area (Å²) in [4.78, 5) is 13.5. The maximum Gasteiger partial charge on any atom is 0.414 e. The van der Waals surface area contributed by atoms with Gasteiger partial charge in [-0.25, -0.2) is 4.79 Å². The number of nitrogens with zero attached hydrogens (tertiary/aromatic N) is 1. The summed E-state index contributed by atoms with van der Waals surface area (Å²) in [5.74, 6) is 0. The normalized spacial score (nSPS) is 19.0. The molecule has 1 aliphatic rings. The van der Waals surface area contributed by atoms with E-state index in [-0.39, 0.29) is 11.7 Å². The fourth-order valence-corrected chi connectivity index (χ4v) is 1.90. The molecule has 1 saturated heterocycles. The quantitative estimate of drug-likeness (QED) is 0.854. The lowest BCUT2D eigenvalue weighted by Crippen LogP contribution is -2.46. The molecule has 0 bridgehead atoms. The molecule has 0 spiro atoms. The predicted octanol–water partition coefficient (Wildman–Crippen LogP) is 2.27. The first-order valence-electron chi connectivity index (χ1n) is 5.81. The summed E-state index contributed by atoms with van der Waals surface area (Å²) in [6.45, 7) is 5.01. The highest BCUT2D eigenvalue weighted by Crippen LogP contribution is 2.27. The summed E-state index contributed by atoms with van der Waals surface area (Å²) in [5.41, 5.74) is 7.10. The van der Waals surface area contributed by atoms with Crippen LogP contribution in [-0.2, 0) is 11.3 Å². The summed E-state index contributed by atoms with van der Waals surface area (Å²) in [6, 6.07) is 7.69. The van der Waals surface area contributed by atoms with E-state index >= 15 is 0 Å². The van der Waals surface area contributed by atoms with Gasteiger partial charge in [-0.3, -0.25) is 4.90 Å². The number of benzene rings is 1. The number of hydrogen-bond acceptors (Lipinski definition) is 3. The summed E-state index contributed by atoms with van der Waals surface area (Å²) in [6.07, 6.45) is 0.543. The Morgan fingerprint density at radius 1 is 1.47 bits per heavy atom. The average molecular weight is 234 g/mol. The molecule has 0 aromatic heterocycles. The fraction of sp³-hybridized carbons (Fsp3) is 0.462. The van der Waals surface area contributed by atoms with Crippen LogP contribution in [0, 0.1) is 0 Å². The van der Waals surface area contributed by atoms with E-state index in [0.29, 0.717) is 13.1 Å². The topological polar surface area (TPSA) is 55.6 Å². The van der Waals surface area contributed by atoms with E-state index in [1.165, 1.54) is 0 Å². The van der Waals surface area contributed by atoms with Crippen LogP contribution >= 0.6 is 0 Å². The number of nitrogens with two attached hydrogens (primary N) is 1. The number of anilines is 1. The Morgan fingerprint density at radius 2 is 2.24 bits per heavy atom. The van der Waals surface area contributed by atoms with Gasteiger partial charge in [0.05, 0.1) is 0 Å². The molecule has 1 aliphatic heterocycles. The molecule has 0 radical (unpaired) electrons. The van der Waals surface area contributed by atoms with Gasteiger partial charge in [0.15, 0.2) is 0 Å². The Labute approximate surface area is 101 Å². The van der Waals surface area contributed by atoms with Gasteiger partial charge in [-0.2, -0.15) is 0 Å². The van der Waals surface area contributed by atoms with Gasteiger partial charge in [-0.15, -0.1) is 0 Å². The number of cyclic esters (lactones) is 1. The Morgan fingerprint density at radius 3 is 2.88 bits per heavy atom. The third-order valence-electron chi connectivity index (χ3n) is 2.98. The van der Waals surface area contributed by atoms with Crippen LogP contribution < -0.4 is 10.6 Å². The predicted molar refractivity (Wildman–Crippen MR) is 66.9 cm³/mol. The van der Waals surface area contributed by atoms with E-state index in [4.69, 9.17) is 10.5 Å². The standard InChI is InChI=1S/C13H18N2O2/c1-13(2)6-7-15(12(16)17-13)11-5-3-4-10(8-11)9-14/h3-5,8H,6-7,9,14H2,1-2H3. The molecule has 0 aliphatic carbocycles. The van der Waals surface area contributed by atoms with Crippen molar-refractivity contribution in [2.24, 2.45) is 5.73 Å². The second kappa shape index (κ2) is 4.37. The minimum Gasteiger partial charge on any atom is -0.443 e. The average Bonchev–Trinajstić information content (AvgIpc) is 2.28. The molecule has 1 amide bonds. The molecule has 2 N–H and O–H groups in total. The SMILES string of the molecule is CC1(C)CCN(c2cccc(CN)c2)C(=O)O1. The zero-order valence-electron chi connectivity index (χ0n) is 10.3. The van der Waals surface area contributed by atoms with Crippen molar-refractivity contribution in [1.82, 2.24) is 0 Å². The number of hydrogen-bond donors (Lipinski definition) is 1. The van der Waals surface area contributed by atoms with Crippen LogP contribution in [-0.4, -0.2) is 18.2 Å². The van der Waals surface area contributed by atoms with Gasteiger partial charge in [0.1, 0.15) is 5.60 Å². The van der Waals surface area contributed by atoms with Crippen LogP contribution in [0.25, 0.3) is 0 Å². The Kier molecular flexibility index (Phi) is 3.07. The highest BCUT2D eigenvalue weighted by atomic mass is 16.6. The van der Waals surface area contributed by atoms with Gasteiger partial charge in [0.25, 0.3) is 0 Å². The third-order valence-corrected chi connectivity index (χ3v) is 2.98. The van der Waals surface area contributed by atoms with E-state index in [9.17, 15) is 4.79 Å². The monoisotopic (exact) mass is 234 g/mol. The largest absolute Gasteiger partial charge is 0.443 e. The lowest BCUT2D eigenvalue weighted by atomic mass is 10.0. The van der Waals surface area contributed by atoms with Crippen LogP contribution in [0.2, 0.25) is 0 Å². The third kappa shape index (κ3) is 2.58. The molecule has 0 unspecified atom stereocenters. The molecule has 1 aromatic carbocycles. The molecule has 2 rings (SSSR count). The molecular weight excluding hydrogens is 216 g/mol. The van der Waals surface area contributed by atoms with Gasteiger partial charge in [-0.1, -0.05) is 12.1 Å². The maximum atomic E-state index is 11.9. The highest BCUT2D eigenvalue weighted by Gasteiger charge is 2.33. The van der Waals surface area contributed by atoms with E-state index in [1.807, 2.05) is 38.1 Å². The number of rotatable bonds is 2. The van der Waals surface area contributed by atoms with Gasteiger partial charge in [0.2, 0.25) is 0 Å². The van der Waals surface area contributed by atoms with Crippen molar-refractivity contribution in [3.05, 3.63) is 29.8 Å². The van der Waals surface area contributed by atoms with E-state index in [1.54, 1.807) is 4.90 Å². The summed E-state index contributed by atoms with van der Waals surface area (Å²) >= 11 is 0. The van der Waals surface area contributed by atoms with Crippen LogP contribution in [0.4, 0.5) is 10.5 Å². The lowest BCUT2D eigenvalue weighted by Gasteiger charge is -2.36. The van der Waals surface area contributed by atoms with Crippen LogP contribution in [0.15, 0.2) is 24.3 Å². The first-order chi connectivity index (χ1) is 8.02. The summed E-state index contributed by atoms with van der Waals surface area (Å²) in [5, 5.41) is 0. The van der Waals surface area contributed by atoms with Gasteiger partial charge >= 0.3 is 6.09 Å². The molecule has 4 heteroatoms. The molecule has 1 fully saturated rings. The molecule has 4 nitrogen and oxygen atoms in total. The van der Waals surface area contributed by atoms with E-state index < -0.39 is 0 Å². The van der Waals surface area contributed by atoms with Gasteiger partial charge in [0, 0.05) is 25.2 Å². The smallest absolute Gasteiger partial charge is 0.414 e. The van der Waals surface area contributed by atoms with E-state index in [0.717, 1.165) is 17.7 Å². The van der Waals surface area contributed by atoms with Crippen molar-refractivity contribution in [3.8, 4) is 0 Å². The molecule has 1 heterocycles. The minimum absolute atomic E-state index is 0.282. The molecule has 92 valence electrons. The van der Waals surface area contributed by atoms with Crippen molar-refractivity contribution in [1.29, 1.82) is 0 Å². The molecule has 17 heavy (non-hydrogen) atoms. The highest BCUT2D eigenvalue weighted by molar-refractivity contribution is 5.88. The molecule has 1 aromatic rings. The Bertz CT molecular complexity index is 429. The van der Waals surface area contributed by atoms with Crippen LogP contribution in [0.5, 0.6) is 0 Å². The van der Waals surface area contributed by atoms with Crippen molar-refractivity contribution < 1.29 is 9.53 Å². The van der Waals surface area contributed by atoms with Crippen LogP contribution in [0.1, 0.15) is 25.8 Å². The number of carbonyl (C=O) groups is 1. The number of carbonyl (C=O) groups excluding carboxylic acids is 1. The molecule has 0 atom stereocenters. The molecule has 0 saturated carbocycles. The summed E-state index contributed by atoms with van der Waals surface area (Å²) < 4.78 is 5.37. The number of ether oxygens (including phenoxy) is 1. The van der Waals surface area contributed by atoms with Crippen molar-refractivity contribution in [3.63, 3.8) is 0 Å². The fourth-order valence-electron chi connectivity index (χ4n) is 1.90. The first kappa shape index (κ1) is 11.9. The maximum absolute atomic E-state index is 11.9. The Hall–Kier alpha value is -1.55. The first-order valence-corrected chi connectivity index (χ1v) is 5.81. The summed E-state index contributed by atoms with van der Waals surface area (Å²) in [7, 11) is 0. The van der Waals surface area contributed by atoms with Gasteiger partial charge in [-0.05, 0) is 31.5 Å². The van der Waals surface area contributed by atoms with E-state index in [2.05, 4.69) is 0 Å². The second-order valence-electron chi connectivity index (χ2n) is 4.90. The zero-order chi connectivity index (χ0) is 12.5. The lowest BCUT2D eigenvalue weighted by molar-refractivity contribution is 0.0236. The van der Waals surface area contributed by atoms with Crippen molar-refractivity contribution in [2.45, 2.75) is 32.4 Å². The molecular formula is C13H18N2O2. The minimum atomic E-state index is -0.362. The second-order valence-corrected chi connectivity index (χ2v) is 4.90. The van der Waals surface area contributed by atoms with Crippen molar-refractivity contribution >= 4 is 11.8 Å². The van der Waals surface area contributed by atoms with Crippen LogP contribution in [0.3, 0.4) is 0 Å². The zero-order valence-corrected chi connectivity index (χ0v) is 10.3. The number of amides is 1. The van der Waals surface area contributed by atoms with Gasteiger partial charge < -0.3 is 10.5 Å². The van der Waals surface area contributed by atoms with Crippen molar-refractivity contribution in [2.75, 3.05) is 11.4 Å². The Balaban J connectivity index is 2.20.